The Morgan fingerprint density at radius 1 is 0.407 bits per heavy atom. The van der Waals surface area contributed by atoms with Gasteiger partial charge in [0.05, 0.1) is 0 Å². The van der Waals surface area contributed by atoms with Gasteiger partial charge in [-0.25, -0.2) is 0 Å². The molecule has 0 radical (unpaired) electrons. The van der Waals surface area contributed by atoms with Gasteiger partial charge in [-0.2, -0.15) is 12.6 Å². The quantitative estimate of drug-likeness (QED) is 0.128. The minimum atomic E-state index is 0.992. The van der Waals surface area contributed by atoms with Gasteiger partial charge in [0, 0.05) is 0 Å². The molecule has 0 aromatic heterocycles. The van der Waals surface area contributed by atoms with Crippen LogP contribution in [0, 0.1) is 5.92 Å². The number of hydrogen-bond donors (Lipinski definition) is 1. The lowest BCUT2D eigenvalue weighted by molar-refractivity contribution is 0.378. The standard InChI is InChI=1S/C26H54S/c1-3-5-7-9-11-12-13-14-16-18-20-23-26(24-21-25-27)22-19-17-15-10-8-6-4-2/h26-27H,3-25H2,1-2H3. The molecule has 1 atom stereocenters. The molecule has 0 bridgehead atoms. The normalized spacial score (nSPS) is 12.6. The van der Waals surface area contributed by atoms with E-state index < -0.39 is 0 Å². The van der Waals surface area contributed by atoms with Gasteiger partial charge in [0.15, 0.2) is 0 Å². The van der Waals surface area contributed by atoms with Crippen molar-refractivity contribution in [2.24, 2.45) is 5.92 Å². The lowest BCUT2D eigenvalue weighted by Crippen LogP contribution is -2.02. The molecule has 0 spiro atoms. The van der Waals surface area contributed by atoms with Crippen LogP contribution in [0.2, 0.25) is 0 Å². The van der Waals surface area contributed by atoms with Crippen molar-refractivity contribution in [3.05, 3.63) is 0 Å². The van der Waals surface area contributed by atoms with Gasteiger partial charge in [0.25, 0.3) is 0 Å². The Bertz CT molecular complexity index is 251. The van der Waals surface area contributed by atoms with Crippen molar-refractivity contribution in [1.29, 1.82) is 0 Å². The second-order valence-corrected chi connectivity index (χ2v) is 9.41. The third kappa shape index (κ3) is 22.5. The van der Waals surface area contributed by atoms with E-state index in [4.69, 9.17) is 0 Å². The van der Waals surface area contributed by atoms with Gasteiger partial charge in [-0.05, 0) is 24.5 Å². The molecule has 0 aliphatic heterocycles. The van der Waals surface area contributed by atoms with Gasteiger partial charge in [0.1, 0.15) is 0 Å². The summed E-state index contributed by atoms with van der Waals surface area (Å²) in [5.41, 5.74) is 0. The number of rotatable bonds is 23. The third-order valence-corrected chi connectivity index (χ3v) is 6.52. The predicted octanol–water partition coefficient (Wildman–Crippen LogP) is 10.2. The first-order valence-electron chi connectivity index (χ1n) is 13.0. The Morgan fingerprint density at radius 2 is 0.704 bits per heavy atom. The van der Waals surface area contributed by atoms with Crippen molar-refractivity contribution >= 4 is 12.6 Å². The average molecular weight is 399 g/mol. The van der Waals surface area contributed by atoms with E-state index in [1.165, 1.54) is 141 Å². The van der Waals surface area contributed by atoms with E-state index in [0.717, 1.165) is 11.7 Å². The van der Waals surface area contributed by atoms with Gasteiger partial charge in [-0.1, -0.05) is 142 Å². The SMILES string of the molecule is CCCCCCCCCCCCCC(CCCS)CCCCCCCCC. The lowest BCUT2D eigenvalue weighted by atomic mass is 9.90. The van der Waals surface area contributed by atoms with Crippen molar-refractivity contribution in [2.45, 2.75) is 155 Å². The van der Waals surface area contributed by atoms with Gasteiger partial charge in [-0.3, -0.25) is 0 Å². The molecule has 0 aromatic rings. The van der Waals surface area contributed by atoms with E-state index in [1.54, 1.807) is 0 Å². The molecule has 0 saturated heterocycles. The van der Waals surface area contributed by atoms with Crippen LogP contribution in [0.15, 0.2) is 0 Å². The van der Waals surface area contributed by atoms with Crippen LogP contribution >= 0.6 is 12.6 Å². The molecule has 0 fully saturated rings. The van der Waals surface area contributed by atoms with E-state index in [2.05, 4.69) is 26.5 Å². The van der Waals surface area contributed by atoms with Crippen LogP contribution < -0.4 is 0 Å². The topological polar surface area (TPSA) is 0 Å². The average Bonchev–Trinajstić information content (AvgIpc) is 2.68. The summed E-state index contributed by atoms with van der Waals surface area (Å²) in [7, 11) is 0. The molecule has 0 N–H and O–H groups in total. The maximum absolute atomic E-state index is 4.44. The Morgan fingerprint density at radius 3 is 1.04 bits per heavy atom. The number of hydrogen-bond acceptors (Lipinski definition) is 1. The van der Waals surface area contributed by atoms with Crippen LogP contribution in [0.1, 0.15) is 155 Å². The zero-order valence-electron chi connectivity index (χ0n) is 19.3. The Balaban J connectivity index is 3.50. The Labute approximate surface area is 179 Å². The first-order chi connectivity index (χ1) is 13.3. The second kappa shape index (κ2) is 24.4. The fraction of sp³-hybridized carbons (Fsp3) is 1.00. The number of unbranched alkanes of at least 4 members (excludes halogenated alkanes) is 16. The van der Waals surface area contributed by atoms with Crippen LogP contribution in [-0.4, -0.2) is 5.75 Å². The first-order valence-corrected chi connectivity index (χ1v) is 13.6. The van der Waals surface area contributed by atoms with Crippen molar-refractivity contribution in [1.82, 2.24) is 0 Å². The molecule has 0 aliphatic carbocycles. The summed E-state index contributed by atoms with van der Waals surface area (Å²) in [4.78, 5) is 0. The van der Waals surface area contributed by atoms with E-state index in [9.17, 15) is 0 Å². The predicted molar refractivity (Wildman–Crippen MR) is 130 cm³/mol. The van der Waals surface area contributed by atoms with Gasteiger partial charge >= 0.3 is 0 Å². The molecule has 0 aromatic carbocycles. The molecule has 0 amide bonds. The van der Waals surface area contributed by atoms with Crippen LogP contribution in [-0.2, 0) is 0 Å². The van der Waals surface area contributed by atoms with Crippen molar-refractivity contribution in [3.8, 4) is 0 Å². The van der Waals surface area contributed by atoms with Gasteiger partial charge in [-0.15, -0.1) is 0 Å². The smallest absolute Gasteiger partial charge is 0.00978 e. The molecule has 0 saturated carbocycles. The minimum Gasteiger partial charge on any atom is -0.179 e. The highest BCUT2D eigenvalue weighted by Crippen LogP contribution is 2.23. The fourth-order valence-electron chi connectivity index (χ4n) is 4.30. The summed E-state index contributed by atoms with van der Waals surface area (Å²) in [6.45, 7) is 4.61. The van der Waals surface area contributed by atoms with Crippen molar-refractivity contribution in [3.63, 3.8) is 0 Å². The zero-order valence-corrected chi connectivity index (χ0v) is 20.2. The van der Waals surface area contributed by atoms with Crippen LogP contribution in [0.4, 0.5) is 0 Å². The van der Waals surface area contributed by atoms with Crippen LogP contribution in [0.3, 0.4) is 0 Å². The Hall–Kier alpha value is 0.350. The largest absolute Gasteiger partial charge is 0.179 e. The van der Waals surface area contributed by atoms with E-state index in [0.29, 0.717) is 0 Å². The third-order valence-electron chi connectivity index (χ3n) is 6.20. The van der Waals surface area contributed by atoms with Gasteiger partial charge < -0.3 is 0 Å². The van der Waals surface area contributed by atoms with E-state index >= 15 is 0 Å². The summed E-state index contributed by atoms with van der Waals surface area (Å²) >= 11 is 4.44. The highest BCUT2D eigenvalue weighted by atomic mass is 32.1. The van der Waals surface area contributed by atoms with Crippen LogP contribution in [0.25, 0.3) is 0 Å². The Kier molecular flexibility index (Phi) is 24.7. The van der Waals surface area contributed by atoms with E-state index in [-0.39, 0.29) is 0 Å². The molecule has 0 rings (SSSR count). The van der Waals surface area contributed by atoms with Crippen molar-refractivity contribution in [2.75, 3.05) is 5.75 Å². The van der Waals surface area contributed by atoms with Crippen LogP contribution in [0.5, 0.6) is 0 Å². The summed E-state index contributed by atoms with van der Waals surface area (Å²) in [6.07, 6.45) is 31.9. The maximum atomic E-state index is 4.44. The maximum Gasteiger partial charge on any atom is -0.00978 e. The number of thiol groups is 1. The highest BCUT2D eigenvalue weighted by molar-refractivity contribution is 7.80. The zero-order chi connectivity index (χ0) is 19.8. The van der Waals surface area contributed by atoms with Gasteiger partial charge in [0.2, 0.25) is 0 Å². The van der Waals surface area contributed by atoms with Crippen molar-refractivity contribution < 1.29 is 0 Å². The summed E-state index contributed by atoms with van der Waals surface area (Å²) < 4.78 is 0. The molecule has 0 aliphatic rings. The summed E-state index contributed by atoms with van der Waals surface area (Å²) in [5, 5.41) is 0. The minimum absolute atomic E-state index is 0.992. The summed E-state index contributed by atoms with van der Waals surface area (Å²) in [6, 6.07) is 0. The first kappa shape index (κ1) is 27.4. The fourth-order valence-corrected chi connectivity index (χ4v) is 4.48. The highest BCUT2D eigenvalue weighted by Gasteiger charge is 2.08. The molecule has 27 heavy (non-hydrogen) atoms. The monoisotopic (exact) mass is 398 g/mol. The molecular formula is C26H54S. The second-order valence-electron chi connectivity index (χ2n) is 8.97. The summed E-state index contributed by atoms with van der Waals surface area (Å²) in [5.74, 6) is 2.07. The molecule has 1 heteroatoms. The van der Waals surface area contributed by atoms with E-state index in [1.807, 2.05) is 0 Å². The molecule has 0 nitrogen and oxygen atoms in total. The molecule has 1 unspecified atom stereocenters. The molecular weight excluding hydrogens is 344 g/mol. The molecule has 0 heterocycles. The molecule has 164 valence electrons. The lowest BCUT2D eigenvalue weighted by Gasteiger charge is -2.16.